The van der Waals surface area contributed by atoms with E-state index in [1.165, 1.54) is 12.4 Å². The van der Waals surface area contributed by atoms with Gasteiger partial charge >= 0.3 is 6.18 Å². The first-order valence-corrected chi connectivity index (χ1v) is 7.72. The van der Waals surface area contributed by atoms with Crippen molar-refractivity contribution in [3.8, 4) is 0 Å². The Labute approximate surface area is 139 Å². The Kier molecular flexibility index (Phi) is 3.68. The number of anilines is 1. The maximum Gasteiger partial charge on any atom is 0.419 e. The molecule has 9 heteroatoms. The van der Waals surface area contributed by atoms with Gasteiger partial charge in [0.2, 0.25) is 0 Å². The number of alkyl halides is 3. The summed E-state index contributed by atoms with van der Waals surface area (Å²) in [5.74, 6) is -0.835. The molecule has 0 bridgehead atoms. The number of nitrogens with zero attached hydrogens (tertiary/aromatic N) is 4. The second kappa shape index (κ2) is 5.76. The van der Waals surface area contributed by atoms with E-state index in [2.05, 4.69) is 20.3 Å². The quantitative estimate of drug-likeness (QED) is 0.540. The highest BCUT2D eigenvalue weighted by Crippen LogP contribution is 2.36. The number of aromatic nitrogens is 3. The average molecular weight is 351 g/mol. The van der Waals surface area contributed by atoms with Crippen LogP contribution in [-0.4, -0.2) is 41.1 Å². The molecule has 0 amide bonds. The molecule has 2 aromatic heterocycles. The first kappa shape index (κ1) is 15.9. The van der Waals surface area contributed by atoms with Crippen molar-refractivity contribution in [2.24, 2.45) is 0 Å². The lowest BCUT2D eigenvalue weighted by molar-refractivity contribution is -0.139. The largest absolute Gasteiger partial charge is 0.419 e. The molecule has 3 heterocycles. The summed E-state index contributed by atoms with van der Waals surface area (Å²) >= 11 is 0. The summed E-state index contributed by atoms with van der Waals surface area (Å²) in [6.45, 7) is 2.85. The van der Waals surface area contributed by atoms with E-state index in [0.717, 1.165) is 25.2 Å². The number of hydrogen-bond donors (Lipinski definition) is 1. The number of hydrogen-bond acceptors (Lipinski definition) is 5. The molecule has 1 aromatic carbocycles. The van der Waals surface area contributed by atoms with Crippen molar-refractivity contribution in [1.29, 1.82) is 0 Å². The number of fused-ring (bicyclic) bond motifs is 3. The lowest BCUT2D eigenvalue weighted by Crippen LogP contribution is -2.44. The van der Waals surface area contributed by atoms with Crippen molar-refractivity contribution in [2.45, 2.75) is 6.18 Å². The zero-order valence-corrected chi connectivity index (χ0v) is 12.9. The third kappa shape index (κ3) is 2.74. The van der Waals surface area contributed by atoms with E-state index in [1.54, 1.807) is 0 Å². The summed E-state index contributed by atoms with van der Waals surface area (Å²) in [5.41, 5.74) is -0.501. The Morgan fingerprint density at radius 3 is 2.36 bits per heavy atom. The van der Waals surface area contributed by atoms with Crippen LogP contribution in [0.4, 0.5) is 23.4 Å². The van der Waals surface area contributed by atoms with Crippen LogP contribution in [0.2, 0.25) is 0 Å². The Balaban J connectivity index is 2.02. The third-order valence-electron chi connectivity index (χ3n) is 4.20. The van der Waals surface area contributed by atoms with E-state index in [1.807, 2.05) is 4.90 Å². The second-order valence-electron chi connectivity index (χ2n) is 5.77. The van der Waals surface area contributed by atoms with Gasteiger partial charge in [0, 0.05) is 50.0 Å². The molecule has 1 saturated heterocycles. The van der Waals surface area contributed by atoms with Crippen LogP contribution in [0, 0.1) is 5.82 Å². The van der Waals surface area contributed by atoms with E-state index in [0.29, 0.717) is 24.4 Å². The molecule has 1 fully saturated rings. The van der Waals surface area contributed by atoms with Gasteiger partial charge in [-0.2, -0.15) is 13.2 Å². The van der Waals surface area contributed by atoms with Crippen LogP contribution < -0.4 is 10.2 Å². The molecule has 1 N–H and O–H groups in total. The van der Waals surface area contributed by atoms with Crippen LogP contribution in [0.5, 0.6) is 0 Å². The highest BCUT2D eigenvalue weighted by Gasteiger charge is 2.35. The summed E-state index contributed by atoms with van der Waals surface area (Å²) in [6.07, 6.45) is -1.92. The number of nitrogens with one attached hydrogen (secondary N) is 1. The Morgan fingerprint density at radius 1 is 1.00 bits per heavy atom. The molecule has 130 valence electrons. The minimum atomic E-state index is -4.79. The van der Waals surface area contributed by atoms with E-state index in [-0.39, 0.29) is 16.4 Å². The fraction of sp³-hybridized carbons (Fsp3) is 0.312. The summed E-state index contributed by atoms with van der Waals surface area (Å²) < 4.78 is 53.1. The lowest BCUT2D eigenvalue weighted by Gasteiger charge is -2.29. The normalized spacial score (nSPS) is 15.9. The molecule has 0 radical (unpaired) electrons. The van der Waals surface area contributed by atoms with Gasteiger partial charge in [0.15, 0.2) is 5.82 Å². The zero-order chi connectivity index (χ0) is 17.6. The maximum atomic E-state index is 14.0. The van der Waals surface area contributed by atoms with Gasteiger partial charge in [0.1, 0.15) is 16.9 Å². The summed E-state index contributed by atoms with van der Waals surface area (Å²) in [6, 6.07) is 1.58. The fourth-order valence-corrected chi connectivity index (χ4v) is 3.03. The van der Waals surface area contributed by atoms with Gasteiger partial charge in [-0.3, -0.25) is 4.98 Å². The molecule has 1 aliphatic heterocycles. The summed E-state index contributed by atoms with van der Waals surface area (Å²) in [5, 5.41) is 3.35. The summed E-state index contributed by atoms with van der Waals surface area (Å²) in [7, 11) is 0. The SMILES string of the molecule is Fc1cc2nc(N3CCNCC3)c3nccnc3c2cc1C(F)(F)F. The maximum absolute atomic E-state index is 14.0. The van der Waals surface area contributed by atoms with Gasteiger partial charge in [-0.05, 0) is 6.07 Å². The van der Waals surface area contributed by atoms with Gasteiger partial charge in [0.25, 0.3) is 0 Å². The number of rotatable bonds is 1. The molecule has 0 spiro atoms. The standard InChI is InChI=1S/C16H13F4N5/c17-11-8-12-9(7-10(11)16(18,19)20)13-14(23-2-1-22-13)15(24-12)25-5-3-21-4-6-25/h1-2,7-8,21H,3-6H2. The van der Waals surface area contributed by atoms with E-state index in [9.17, 15) is 17.6 Å². The van der Waals surface area contributed by atoms with Gasteiger partial charge in [-0.15, -0.1) is 0 Å². The van der Waals surface area contributed by atoms with E-state index >= 15 is 0 Å². The van der Waals surface area contributed by atoms with Crippen LogP contribution in [0.3, 0.4) is 0 Å². The molecule has 0 aliphatic carbocycles. The first-order valence-electron chi connectivity index (χ1n) is 7.72. The smallest absolute Gasteiger partial charge is 0.352 e. The van der Waals surface area contributed by atoms with Crippen LogP contribution in [0.25, 0.3) is 21.9 Å². The Hall–Kier alpha value is -2.55. The lowest BCUT2D eigenvalue weighted by atomic mass is 10.1. The molecular formula is C16H13F4N5. The van der Waals surface area contributed by atoms with Crippen LogP contribution in [0.1, 0.15) is 5.56 Å². The van der Waals surface area contributed by atoms with Crippen molar-refractivity contribution in [1.82, 2.24) is 20.3 Å². The Bertz CT molecular complexity index is 951. The van der Waals surface area contributed by atoms with Crippen molar-refractivity contribution in [3.63, 3.8) is 0 Å². The van der Waals surface area contributed by atoms with Gasteiger partial charge in [-0.25, -0.2) is 14.4 Å². The van der Waals surface area contributed by atoms with Crippen LogP contribution >= 0.6 is 0 Å². The number of halogens is 4. The number of piperazine rings is 1. The van der Waals surface area contributed by atoms with E-state index in [4.69, 9.17) is 0 Å². The van der Waals surface area contributed by atoms with Crippen LogP contribution in [-0.2, 0) is 6.18 Å². The minimum absolute atomic E-state index is 0.132. The highest BCUT2D eigenvalue weighted by atomic mass is 19.4. The predicted molar refractivity (Wildman–Crippen MR) is 84.9 cm³/mol. The second-order valence-corrected chi connectivity index (χ2v) is 5.77. The van der Waals surface area contributed by atoms with Gasteiger partial charge in [0.05, 0.1) is 11.1 Å². The summed E-state index contributed by atoms with van der Waals surface area (Å²) in [4.78, 5) is 14.8. The topological polar surface area (TPSA) is 53.9 Å². The van der Waals surface area contributed by atoms with Gasteiger partial charge in [-0.1, -0.05) is 0 Å². The number of pyridine rings is 1. The monoisotopic (exact) mass is 351 g/mol. The molecular weight excluding hydrogens is 338 g/mol. The molecule has 0 unspecified atom stereocenters. The molecule has 0 saturated carbocycles. The van der Waals surface area contributed by atoms with Gasteiger partial charge < -0.3 is 10.2 Å². The highest BCUT2D eigenvalue weighted by molar-refractivity contribution is 6.06. The molecule has 5 nitrogen and oxygen atoms in total. The molecule has 4 rings (SSSR count). The molecule has 25 heavy (non-hydrogen) atoms. The Morgan fingerprint density at radius 2 is 1.68 bits per heavy atom. The molecule has 0 atom stereocenters. The van der Waals surface area contributed by atoms with Crippen molar-refractivity contribution < 1.29 is 17.6 Å². The molecule has 1 aliphatic rings. The van der Waals surface area contributed by atoms with Crippen molar-refractivity contribution in [3.05, 3.63) is 35.9 Å². The zero-order valence-electron chi connectivity index (χ0n) is 12.9. The minimum Gasteiger partial charge on any atom is -0.352 e. The fourth-order valence-electron chi connectivity index (χ4n) is 3.03. The average Bonchev–Trinajstić information content (AvgIpc) is 2.60. The van der Waals surface area contributed by atoms with Crippen LogP contribution in [0.15, 0.2) is 24.5 Å². The predicted octanol–water partition coefficient (Wildman–Crippen LogP) is 2.75. The van der Waals surface area contributed by atoms with E-state index < -0.39 is 17.6 Å². The van der Waals surface area contributed by atoms with Crippen molar-refractivity contribution >= 4 is 27.8 Å². The molecule has 3 aromatic rings. The first-order chi connectivity index (χ1) is 11.9. The van der Waals surface area contributed by atoms with Crippen molar-refractivity contribution in [2.75, 3.05) is 31.1 Å². The number of benzene rings is 1. The third-order valence-corrected chi connectivity index (χ3v) is 4.20.